The second-order valence-corrected chi connectivity index (χ2v) is 3.52. The minimum absolute atomic E-state index is 0.0802. The Bertz CT molecular complexity index is 187. The van der Waals surface area contributed by atoms with Gasteiger partial charge >= 0.3 is 0 Å². The normalized spacial score (nSPS) is 34.9. The molecular weight excluding hydrogens is 152 g/mol. The lowest BCUT2D eigenvalue weighted by molar-refractivity contribution is 0.0891. The zero-order chi connectivity index (χ0) is 9.03. The third-order valence-corrected chi connectivity index (χ3v) is 2.65. The van der Waals surface area contributed by atoms with E-state index in [9.17, 15) is 0 Å². The van der Waals surface area contributed by atoms with Crippen molar-refractivity contribution in [1.29, 1.82) is 5.26 Å². The van der Waals surface area contributed by atoms with Gasteiger partial charge in [-0.25, -0.2) is 0 Å². The maximum Gasteiger partial charge on any atom is 0.0726 e. The van der Waals surface area contributed by atoms with Gasteiger partial charge in [-0.1, -0.05) is 0 Å². The minimum Gasteiger partial charge on any atom is -0.377 e. The first-order valence-electron chi connectivity index (χ1n) is 4.42. The first kappa shape index (κ1) is 9.50. The Morgan fingerprint density at radius 2 is 2.50 bits per heavy atom. The van der Waals surface area contributed by atoms with Crippen LogP contribution in [0.4, 0.5) is 0 Å². The molecular formula is C9H16N2O. The number of nitrogens with one attached hydrogen (secondary N) is 1. The Morgan fingerprint density at radius 3 is 3.00 bits per heavy atom. The van der Waals surface area contributed by atoms with Crippen LogP contribution in [-0.2, 0) is 4.74 Å². The molecule has 3 heteroatoms. The van der Waals surface area contributed by atoms with Crippen LogP contribution in [0.5, 0.6) is 0 Å². The smallest absolute Gasteiger partial charge is 0.0726 e. The van der Waals surface area contributed by atoms with Crippen LogP contribution in [0.25, 0.3) is 0 Å². The van der Waals surface area contributed by atoms with Crippen molar-refractivity contribution >= 4 is 0 Å². The predicted octanol–water partition coefficient (Wildman–Crippen LogP) is 1.06. The van der Waals surface area contributed by atoms with Crippen LogP contribution in [0.1, 0.15) is 26.7 Å². The second-order valence-electron chi connectivity index (χ2n) is 3.52. The van der Waals surface area contributed by atoms with E-state index in [4.69, 9.17) is 10.00 Å². The zero-order valence-corrected chi connectivity index (χ0v) is 7.76. The van der Waals surface area contributed by atoms with Gasteiger partial charge in [-0.05, 0) is 20.3 Å². The molecule has 1 aliphatic heterocycles. The molecule has 2 atom stereocenters. The average molecular weight is 168 g/mol. The summed E-state index contributed by atoms with van der Waals surface area (Å²) in [6.45, 7) is 5.83. The average Bonchev–Trinajstić information content (AvgIpc) is 2.34. The number of hydrogen-bond acceptors (Lipinski definition) is 3. The number of rotatable bonds is 3. The van der Waals surface area contributed by atoms with Gasteiger partial charge in [0, 0.05) is 25.1 Å². The van der Waals surface area contributed by atoms with Crippen LogP contribution in [0.15, 0.2) is 0 Å². The highest BCUT2D eigenvalue weighted by Gasteiger charge is 2.35. The molecule has 1 saturated heterocycles. The van der Waals surface area contributed by atoms with Crippen LogP contribution in [-0.4, -0.2) is 24.8 Å². The SMILES string of the molecule is CC1OCCC1(C)NCCC#N. The Kier molecular flexibility index (Phi) is 3.07. The largest absolute Gasteiger partial charge is 0.377 e. The Labute approximate surface area is 73.7 Å². The van der Waals surface area contributed by atoms with Crippen LogP contribution < -0.4 is 5.32 Å². The molecule has 0 saturated carbocycles. The number of nitrogens with zero attached hydrogens (tertiary/aromatic N) is 1. The molecule has 0 aromatic carbocycles. The van der Waals surface area contributed by atoms with Gasteiger partial charge in [0.25, 0.3) is 0 Å². The highest BCUT2D eigenvalue weighted by Crippen LogP contribution is 2.24. The quantitative estimate of drug-likeness (QED) is 0.641. The van der Waals surface area contributed by atoms with Crippen molar-refractivity contribution in [2.24, 2.45) is 0 Å². The molecule has 0 radical (unpaired) electrons. The highest BCUT2D eigenvalue weighted by atomic mass is 16.5. The topological polar surface area (TPSA) is 45.0 Å². The summed E-state index contributed by atoms with van der Waals surface area (Å²) < 4.78 is 5.45. The fourth-order valence-electron chi connectivity index (χ4n) is 1.47. The van der Waals surface area contributed by atoms with Crippen molar-refractivity contribution in [2.75, 3.05) is 13.2 Å². The van der Waals surface area contributed by atoms with Gasteiger partial charge < -0.3 is 10.1 Å². The third-order valence-electron chi connectivity index (χ3n) is 2.65. The lowest BCUT2D eigenvalue weighted by Gasteiger charge is -2.28. The van der Waals surface area contributed by atoms with E-state index in [2.05, 4.69) is 25.2 Å². The molecule has 1 heterocycles. The first-order chi connectivity index (χ1) is 5.69. The summed E-state index contributed by atoms with van der Waals surface area (Å²) in [5.41, 5.74) is 0.0802. The van der Waals surface area contributed by atoms with E-state index < -0.39 is 0 Å². The van der Waals surface area contributed by atoms with Crippen molar-refractivity contribution in [3.05, 3.63) is 0 Å². The van der Waals surface area contributed by atoms with Crippen LogP contribution >= 0.6 is 0 Å². The van der Waals surface area contributed by atoms with Crippen molar-refractivity contribution in [3.63, 3.8) is 0 Å². The summed E-state index contributed by atoms with van der Waals surface area (Å²) in [6.07, 6.45) is 1.87. The monoisotopic (exact) mass is 168 g/mol. The highest BCUT2D eigenvalue weighted by molar-refractivity contribution is 4.93. The van der Waals surface area contributed by atoms with Crippen molar-refractivity contribution in [1.82, 2.24) is 5.32 Å². The van der Waals surface area contributed by atoms with E-state index in [0.717, 1.165) is 19.6 Å². The maximum atomic E-state index is 8.37. The van der Waals surface area contributed by atoms with Gasteiger partial charge in [-0.15, -0.1) is 0 Å². The van der Waals surface area contributed by atoms with Crippen molar-refractivity contribution in [3.8, 4) is 6.07 Å². The summed E-state index contributed by atoms with van der Waals surface area (Å²) in [7, 11) is 0. The zero-order valence-electron chi connectivity index (χ0n) is 7.76. The standard InChI is InChI=1S/C9H16N2O/c1-8-9(2,4-7-12-8)11-6-3-5-10/h8,11H,3-4,6-7H2,1-2H3. The predicted molar refractivity (Wildman–Crippen MR) is 46.7 cm³/mol. The van der Waals surface area contributed by atoms with E-state index in [1.54, 1.807) is 0 Å². The molecule has 0 bridgehead atoms. The third kappa shape index (κ3) is 1.96. The molecule has 1 aliphatic rings. The first-order valence-corrected chi connectivity index (χ1v) is 4.42. The molecule has 0 spiro atoms. The second kappa shape index (κ2) is 3.88. The van der Waals surface area contributed by atoms with E-state index in [0.29, 0.717) is 6.42 Å². The molecule has 0 aliphatic carbocycles. The van der Waals surface area contributed by atoms with E-state index >= 15 is 0 Å². The van der Waals surface area contributed by atoms with E-state index in [-0.39, 0.29) is 11.6 Å². The summed E-state index contributed by atoms with van der Waals surface area (Å²) in [5.74, 6) is 0. The molecule has 0 aromatic heterocycles. The van der Waals surface area contributed by atoms with E-state index in [1.165, 1.54) is 0 Å². The van der Waals surface area contributed by atoms with Crippen LogP contribution in [0.2, 0.25) is 0 Å². The Morgan fingerprint density at radius 1 is 1.75 bits per heavy atom. The number of ether oxygens (including phenoxy) is 1. The molecule has 0 aromatic rings. The Balaban J connectivity index is 2.33. The van der Waals surface area contributed by atoms with Crippen molar-refractivity contribution < 1.29 is 4.74 Å². The van der Waals surface area contributed by atoms with Gasteiger partial charge in [0.05, 0.1) is 12.2 Å². The maximum absolute atomic E-state index is 8.37. The molecule has 0 amide bonds. The molecule has 68 valence electrons. The fourth-order valence-corrected chi connectivity index (χ4v) is 1.47. The van der Waals surface area contributed by atoms with Gasteiger partial charge in [-0.3, -0.25) is 0 Å². The van der Waals surface area contributed by atoms with Crippen LogP contribution in [0.3, 0.4) is 0 Å². The molecule has 2 unspecified atom stereocenters. The molecule has 1 rings (SSSR count). The van der Waals surface area contributed by atoms with Crippen LogP contribution in [0, 0.1) is 11.3 Å². The summed E-state index contributed by atoms with van der Waals surface area (Å²) >= 11 is 0. The molecule has 1 fully saturated rings. The van der Waals surface area contributed by atoms with E-state index in [1.807, 2.05) is 0 Å². The van der Waals surface area contributed by atoms with Gasteiger partial charge in [0.2, 0.25) is 0 Å². The summed E-state index contributed by atoms with van der Waals surface area (Å²) in [4.78, 5) is 0. The van der Waals surface area contributed by atoms with Crippen molar-refractivity contribution in [2.45, 2.75) is 38.3 Å². The van der Waals surface area contributed by atoms with Gasteiger partial charge in [-0.2, -0.15) is 5.26 Å². The number of nitriles is 1. The lowest BCUT2D eigenvalue weighted by Crippen LogP contribution is -2.47. The lowest BCUT2D eigenvalue weighted by atomic mass is 9.95. The minimum atomic E-state index is 0.0802. The molecule has 3 nitrogen and oxygen atoms in total. The molecule has 12 heavy (non-hydrogen) atoms. The fraction of sp³-hybridized carbons (Fsp3) is 0.889. The van der Waals surface area contributed by atoms with Gasteiger partial charge in [0.1, 0.15) is 0 Å². The molecule has 1 N–H and O–H groups in total. The summed E-state index contributed by atoms with van der Waals surface area (Å²) in [5, 5.41) is 11.7. The Hall–Kier alpha value is -0.590. The summed E-state index contributed by atoms with van der Waals surface area (Å²) in [6, 6.07) is 2.12. The van der Waals surface area contributed by atoms with Gasteiger partial charge in [0.15, 0.2) is 0 Å². The number of hydrogen-bond donors (Lipinski definition) is 1.